The van der Waals surface area contributed by atoms with Crippen molar-refractivity contribution in [2.75, 3.05) is 25.1 Å². The number of ether oxygens (including phenoxy) is 1. The van der Waals surface area contributed by atoms with E-state index in [0.717, 1.165) is 13.0 Å². The van der Waals surface area contributed by atoms with Gasteiger partial charge in [-0.15, -0.1) is 0 Å². The molecule has 3 nitrogen and oxygen atoms in total. The molecule has 0 aliphatic carbocycles. The molecule has 3 N–H and O–H groups in total. The molecule has 0 spiro atoms. The number of nitrogens with one attached hydrogen (secondary N) is 1. The topological polar surface area (TPSA) is 47.3 Å². The molecule has 0 saturated heterocycles. The molecule has 0 amide bonds. The molecular weight excluding hydrogens is 263 g/mol. The lowest BCUT2D eigenvalue weighted by Gasteiger charge is -2.10. The molecule has 5 heteroatoms. The molecule has 19 heavy (non-hydrogen) atoms. The third kappa shape index (κ3) is 5.98. The van der Waals surface area contributed by atoms with Crippen LogP contribution in [0.1, 0.15) is 25.8 Å². The van der Waals surface area contributed by atoms with Crippen LogP contribution in [-0.2, 0) is 4.74 Å². The summed E-state index contributed by atoms with van der Waals surface area (Å²) in [6, 6.07) is 4.71. The number of hydrogen-bond acceptors (Lipinski definition) is 3. The van der Waals surface area contributed by atoms with Gasteiger partial charge in [-0.25, -0.2) is 4.39 Å². The maximum Gasteiger partial charge on any atom is 0.146 e. The van der Waals surface area contributed by atoms with Crippen molar-refractivity contribution < 1.29 is 9.13 Å². The first kappa shape index (κ1) is 15.9. The summed E-state index contributed by atoms with van der Waals surface area (Å²) in [5.41, 5.74) is 6.44. The number of benzene rings is 1. The van der Waals surface area contributed by atoms with Crippen LogP contribution in [0.3, 0.4) is 0 Å². The molecule has 0 radical (unpaired) electrons. The third-order valence-electron chi connectivity index (χ3n) is 2.49. The van der Waals surface area contributed by atoms with Crippen LogP contribution in [0.15, 0.2) is 18.2 Å². The number of hydrogen-bond donors (Lipinski definition) is 2. The van der Waals surface area contributed by atoms with Gasteiger partial charge in [0.2, 0.25) is 0 Å². The number of anilines is 1. The summed E-state index contributed by atoms with van der Waals surface area (Å²) in [5, 5.41) is 3.03. The van der Waals surface area contributed by atoms with Crippen LogP contribution in [0.5, 0.6) is 0 Å². The van der Waals surface area contributed by atoms with Gasteiger partial charge in [0.25, 0.3) is 0 Å². The van der Waals surface area contributed by atoms with E-state index in [1.54, 1.807) is 12.1 Å². The first-order valence-electron chi connectivity index (χ1n) is 6.41. The highest BCUT2D eigenvalue weighted by molar-refractivity contribution is 7.80. The van der Waals surface area contributed by atoms with Crippen molar-refractivity contribution in [1.82, 2.24) is 0 Å². The molecular formula is C14H21FN2OS. The Bertz CT molecular complexity index is 424. The summed E-state index contributed by atoms with van der Waals surface area (Å²) in [6.45, 7) is 6.32. The summed E-state index contributed by atoms with van der Waals surface area (Å²) in [5.74, 6) is 0.200. The zero-order valence-electron chi connectivity index (χ0n) is 11.4. The number of halogens is 1. The monoisotopic (exact) mass is 284 g/mol. The van der Waals surface area contributed by atoms with Gasteiger partial charge in [0.1, 0.15) is 10.8 Å². The molecule has 0 heterocycles. The number of rotatable bonds is 8. The standard InChI is InChI=1S/C14H21FN2OS/c1-10(2)9-18-7-3-6-17-13-5-4-11(14(16)19)8-12(13)15/h4-5,8,10,17H,3,6-7,9H2,1-2H3,(H2,16,19). The van der Waals surface area contributed by atoms with Crippen LogP contribution < -0.4 is 11.1 Å². The lowest BCUT2D eigenvalue weighted by molar-refractivity contribution is 0.110. The fraction of sp³-hybridized carbons (Fsp3) is 0.500. The van der Waals surface area contributed by atoms with E-state index < -0.39 is 0 Å². The van der Waals surface area contributed by atoms with Crippen molar-refractivity contribution in [2.24, 2.45) is 11.7 Å². The van der Waals surface area contributed by atoms with Crippen molar-refractivity contribution in [2.45, 2.75) is 20.3 Å². The van der Waals surface area contributed by atoms with Gasteiger partial charge in [-0.1, -0.05) is 26.1 Å². The molecule has 1 rings (SSSR count). The lowest BCUT2D eigenvalue weighted by atomic mass is 10.2. The Morgan fingerprint density at radius 1 is 1.47 bits per heavy atom. The molecule has 1 aromatic carbocycles. The van der Waals surface area contributed by atoms with Gasteiger partial charge in [0, 0.05) is 25.3 Å². The molecule has 0 unspecified atom stereocenters. The van der Waals surface area contributed by atoms with Crippen LogP contribution in [0, 0.1) is 11.7 Å². The Kier molecular flexibility index (Phi) is 6.73. The quantitative estimate of drug-likeness (QED) is 0.569. The van der Waals surface area contributed by atoms with E-state index in [0.29, 0.717) is 30.3 Å². The zero-order valence-corrected chi connectivity index (χ0v) is 12.2. The highest BCUT2D eigenvalue weighted by Gasteiger charge is 2.04. The number of nitrogens with two attached hydrogens (primary N) is 1. The molecule has 0 atom stereocenters. The summed E-state index contributed by atoms with van der Waals surface area (Å²) >= 11 is 4.80. The van der Waals surface area contributed by atoms with Crippen LogP contribution >= 0.6 is 12.2 Å². The molecule has 0 bridgehead atoms. The average molecular weight is 284 g/mol. The van der Waals surface area contributed by atoms with E-state index in [1.165, 1.54) is 6.07 Å². The Morgan fingerprint density at radius 3 is 2.79 bits per heavy atom. The minimum Gasteiger partial charge on any atom is -0.389 e. The Balaban J connectivity index is 2.32. The van der Waals surface area contributed by atoms with E-state index in [-0.39, 0.29) is 10.8 Å². The molecule has 0 aliphatic heterocycles. The Hall–Kier alpha value is -1.20. The molecule has 0 saturated carbocycles. The molecule has 0 fully saturated rings. The van der Waals surface area contributed by atoms with Crippen molar-refractivity contribution in [1.29, 1.82) is 0 Å². The molecule has 106 valence electrons. The van der Waals surface area contributed by atoms with E-state index in [2.05, 4.69) is 19.2 Å². The lowest BCUT2D eigenvalue weighted by Crippen LogP contribution is -2.11. The second-order valence-electron chi connectivity index (χ2n) is 4.81. The first-order chi connectivity index (χ1) is 9.00. The second-order valence-corrected chi connectivity index (χ2v) is 5.25. The maximum absolute atomic E-state index is 13.7. The molecule has 0 aliphatic rings. The van der Waals surface area contributed by atoms with Gasteiger partial charge < -0.3 is 15.8 Å². The van der Waals surface area contributed by atoms with E-state index in [4.69, 9.17) is 22.7 Å². The zero-order chi connectivity index (χ0) is 14.3. The van der Waals surface area contributed by atoms with Gasteiger partial charge in [-0.3, -0.25) is 0 Å². The van der Waals surface area contributed by atoms with E-state index in [9.17, 15) is 4.39 Å². The average Bonchev–Trinajstić information content (AvgIpc) is 2.34. The minimum absolute atomic E-state index is 0.201. The summed E-state index contributed by atoms with van der Waals surface area (Å²) < 4.78 is 19.1. The first-order valence-corrected chi connectivity index (χ1v) is 6.82. The fourth-order valence-electron chi connectivity index (χ4n) is 1.53. The van der Waals surface area contributed by atoms with E-state index >= 15 is 0 Å². The summed E-state index contributed by atoms with van der Waals surface area (Å²) in [4.78, 5) is 0.201. The van der Waals surface area contributed by atoms with Gasteiger partial charge in [-0.2, -0.15) is 0 Å². The SMILES string of the molecule is CC(C)COCCCNc1ccc(C(N)=S)cc1F. The largest absolute Gasteiger partial charge is 0.389 e. The van der Waals surface area contributed by atoms with Crippen LogP contribution in [0.2, 0.25) is 0 Å². The smallest absolute Gasteiger partial charge is 0.146 e. The van der Waals surface area contributed by atoms with Gasteiger partial charge in [0.15, 0.2) is 0 Å². The van der Waals surface area contributed by atoms with Crippen LogP contribution in [0.4, 0.5) is 10.1 Å². The molecule has 0 aromatic heterocycles. The van der Waals surface area contributed by atoms with Crippen LogP contribution in [0.25, 0.3) is 0 Å². The predicted octanol–water partition coefficient (Wildman–Crippen LogP) is 2.93. The van der Waals surface area contributed by atoms with Crippen molar-refractivity contribution >= 4 is 22.9 Å². The molecule has 1 aromatic rings. The second kappa shape index (κ2) is 8.07. The van der Waals surface area contributed by atoms with Crippen LogP contribution in [-0.4, -0.2) is 24.7 Å². The number of thiocarbonyl (C=S) groups is 1. The maximum atomic E-state index is 13.7. The normalized spacial score (nSPS) is 10.7. The van der Waals surface area contributed by atoms with Crippen molar-refractivity contribution in [3.05, 3.63) is 29.6 Å². The van der Waals surface area contributed by atoms with Crippen molar-refractivity contribution in [3.8, 4) is 0 Å². The van der Waals surface area contributed by atoms with Gasteiger partial charge in [-0.05, 0) is 30.5 Å². The van der Waals surface area contributed by atoms with Gasteiger partial charge >= 0.3 is 0 Å². The Labute approximate surface area is 119 Å². The summed E-state index contributed by atoms with van der Waals surface area (Å²) in [7, 11) is 0. The third-order valence-corrected chi connectivity index (χ3v) is 2.72. The highest BCUT2D eigenvalue weighted by Crippen LogP contribution is 2.15. The Morgan fingerprint density at radius 2 is 2.21 bits per heavy atom. The van der Waals surface area contributed by atoms with Crippen molar-refractivity contribution in [3.63, 3.8) is 0 Å². The fourth-order valence-corrected chi connectivity index (χ4v) is 1.66. The van der Waals surface area contributed by atoms with E-state index in [1.807, 2.05) is 0 Å². The highest BCUT2D eigenvalue weighted by atomic mass is 32.1. The minimum atomic E-state index is -0.339. The summed E-state index contributed by atoms with van der Waals surface area (Å²) in [6.07, 6.45) is 0.837. The van der Waals surface area contributed by atoms with Gasteiger partial charge in [0.05, 0.1) is 5.69 Å². The predicted molar refractivity (Wildman–Crippen MR) is 81.1 cm³/mol.